The normalized spacial score (nSPS) is 24.8. The summed E-state index contributed by atoms with van der Waals surface area (Å²) >= 11 is 0. The first-order valence-corrected chi connectivity index (χ1v) is 24.0. The fourth-order valence-electron chi connectivity index (χ4n) is 9.79. The molecule has 0 bridgehead atoms. The summed E-state index contributed by atoms with van der Waals surface area (Å²) in [6.07, 6.45) is 16.4. The molecule has 338 valence electrons. The van der Waals surface area contributed by atoms with Gasteiger partial charge in [0.2, 0.25) is 17.7 Å². The zero-order valence-electron chi connectivity index (χ0n) is 37.5. The van der Waals surface area contributed by atoms with Gasteiger partial charge in [-0.1, -0.05) is 138 Å². The summed E-state index contributed by atoms with van der Waals surface area (Å²) in [6, 6.07) is 26.7. The van der Waals surface area contributed by atoms with E-state index in [9.17, 15) is 24.0 Å². The number of nitrogens with zero attached hydrogens (tertiary/aromatic N) is 2. The summed E-state index contributed by atoms with van der Waals surface area (Å²) in [5, 5.41) is 9.47. The molecule has 63 heavy (non-hydrogen) atoms. The van der Waals surface area contributed by atoms with E-state index >= 15 is 0 Å². The molecule has 11 heteroatoms. The van der Waals surface area contributed by atoms with E-state index in [2.05, 4.69) is 47.1 Å². The molecule has 4 aliphatic rings. The zero-order valence-corrected chi connectivity index (χ0v) is 37.5. The lowest BCUT2D eigenvalue weighted by atomic mass is 9.94. The highest BCUT2D eigenvalue weighted by atomic mass is 16.5. The fraction of sp³-hybridized carbons (Fsp3) is 0.558. The minimum atomic E-state index is -0.695. The third kappa shape index (κ3) is 12.4. The Hall–Kier alpha value is -5.03. The van der Waals surface area contributed by atoms with Crippen molar-refractivity contribution in [2.24, 2.45) is 17.8 Å². The van der Waals surface area contributed by atoms with Crippen molar-refractivity contribution in [3.8, 4) is 0 Å². The van der Waals surface area contributed by atoms with Crippen LogP contribution in [-0.4, -0.2) is 97.4 Å². The number of benzene rings is 3. The minimum Gasteiger partial charge on any atom is -0.379 e. The average molecular weight is 860 g/mol. The second-order valence-corrected chi connectivity index (χ2v) is 18.5. The van der Waals surface area contributed by atoms with Crippen LogP contribution in [0.3, 0.4) is 0 Å². The lowest BCUT2D eigenvalue weighted by molar-refractivity contribution is -0.133. The SMILES string of the molecule is CCCCCCCCCCCCCCNC(=O)[C@@H]1CN(C(=O)c2ccc(C(=O)N3C[C@@H](C(=O)N[C@H]4C[C@@H]4c4ccccc4)[C@H](C(=O)N[C@H]4C[C@@H]4c4ccccc4)C3)cc2)C[C@@H]1OC. The topological polar surface area (TPSA) is 137 Å². The lowest BCUT2D eigenvalue weighted by Gasteiger charge is -2.18. The van der Waals surface area contributed by atoms with Gasteiger partial charge in [-0.2, -0.15) is 0 Å². The standard InChI is InChI=1S/C52H69N5O6/c1-3-4-5-6-7-8-9-10-11-12-13-20-29-53-48(58)44-34-57(35-47(44)63-2)52(62)39-27-25-38(26-28-39)51(61)56-32-42(49(59)54-45-30-40(45)36-21-16-14-17-22-36)43(33-56)50(60)55-46-31-41(46)37-23-18-15-19-24-37/h14-19,21-28,40-47H,3-13,20,29-35H2,1-2H3,(H,53,58)(H,54,59)(H,55,60)/t40-,41-,42-,43-,44-,45+,46+,47+/m1/s1. The van der Waals surface area contributed by atoms with Gasteiger partial charge in [0.25, 0.3) is 11.8 Å². The van der Waals surface area contributed by atoms with Gasteiger partial charge in [-0.25, -0.2) is 0 Å². The second kappa shape index (κ2) is 22.5. The zero-order chi connectivity index (χ0) is 44.1. The molecule has 0 aromatic heterocycles. The van der Waals surface area contributed by atoms with Gasteiger partial charge in [0, 0.05) is 74.9 Å². The van der Waals surface area contributed by atoms with Crippen LogP contribution in [0.25, 0.3) is 0 Å². The monoisotopic (exact) mass is 860 g/mol. The van der Waals surface area contributed by atoms with E-state index in [-0.39, 0.29) is 73.1 Å². The Labute approximate surface area is 374 Å². The van der Waals surface area contributed by atoms with Crippen LogP contribution < -0.4 is 16.0 Å². The molecule has 11 nitrogen and oxygen atoms in total. The predicted octanol–water partition coefficient (Wildman–Crippen LogP) is 7.62. The third-order valence-corrected chi connectivity index (χ3v) is 13.9. The van der Waals surface area contributed by atoms with Crippen LogP contribution in [-0.2, 0) is 19.1 Å². The van der Waals surface area contributed by atoms with Crippen LogP contribution >= 0.6 is 0 Å². The molecule has 2 heterocycles. The summed E-state index contributed by atoms with van der Waals surface area (Å²) in [5.41, 5.74) is 3.13. The van der Waals surface area contributed by atoms with Crippen LogP contribution in [0.2, 0.25) is 0 Å². The number of carbonyl (C=O) groups excluding carboxylic acids is 5. The van der Waals surface area contributed by atoms with E-state index in [1.54, 1.807) is 41.2 Å². The Balaban J connectivity index is 0.888. The van der Waals surface area contributed by atoms with Crippen molar-refractivity contribution in [3.05, 3.63) is 107 Å². The van der Waals surface area contributed by atoms with Crippen LogP contribution in [0.1, 0.15) is 140 Å². The van der Waals surface area contributed by atoms with E-state index in [4.69, 9.17) is 4.74 Å². The molecule has 0 radical (unpaired) electrons. The Kier molecular flexibility index (Phi) is 16.5. The number of likely N-dealkylation sites (tertiary alicyclic amines) is 2. The quantitative estimate of drug-likeness (QED) is 0.0840. The van der Waals surface area contributed by atoms with Gasteiger partial charge in [0.15, 0.2) is 0 Å². The number of unbranched alkanes of at least 4 members (excludes halogenated alkanes) is 11. The van der Waals surface area contributed by atoms with Crippen LogP contribution in [0.15, 0.2) is 84.9 Å². The summed E-state index contributed by atoms with van der Waals surface area (Å²) in [4.78, 5) is 72.0. The van der Waals surface area contributed by atoms with Crippen molar-refractivity contribution in [1.82, 2.24) is 25.8 Å². The van der Waals surface area contributed by atoms with Crippen molar-refractivity contribution in [1.29, 1.82) is 0 Å². The molecule has 7 rings (SSSR count). The number of carbonyl (C=O) groups is 5. The maximum Gasteiger partial charge on any atom is 0.253 e. The average Bonchev–Trinajstić information content (AvgIpc) is 4.16. The molecule has 3 aromatic rings. The van der Waals surface area contributed by atoms with Crippen molar-refractivity contribution < 1.29 is 28.7 Å². The number of amides is 5. The summed E-state index contributed by atoms with van der Waals surface area (Å²) in [7, 11) is 1.58. The van der Waals surface area contributed by atoms with Crippen LogP contribution in [0, 0.1) is 17.8 Å². The molecule has 8 atom stereocenters. The Bertz CT molecular complexity index is 1900. The Morgan fingerprint density at radius 2 is 0.937 bits per heavy atom. The largest absolute Gasteiger partial charge is 0.379 e. The van der Waals surface area contributed by atoms with E-state index in [1.807, 2.05) is 36.4 Å². The molecule has 2 aliphatic heterocycles. The van der Waals surface area contributed by atoms with Crippen molar-refractivity contribution >= 4 is 29.5 Å². The molecular formula is C52H69N5O6. The van der Waals surface area contributed by atoms with E-state index in [1.165, 1.54) is 75.3 Å². The highest BCUT2D eigenvalue weighted by Crippen LogP contribution is 2.43. The number of hydrogen-bond donors (Lipinski definition) is 3. The predicted molar refractivity (Wildman–Crippen MR) is 245 cm³/mol. The molecule has 0 unspecified atom stereocenters. The van der Waals surface area contributed by atoms with Crippen LogP contribution in [0.4, 0.5) is 0 Å². The van der Waals surface area contributed by atoms with Gasteiger partial charge in [-0.15, -0.1) is 0 Å². The number of ether oxygens (including phenoxy) is 1. The molecule has 3 aromatic carbocycles. The first-order valence-electron chi connectivity index (χ1n) is 24.0. The highest BCUT2D eigenvalue weighted by Gasteiger charge is 2.49. The Morgan fingerprint density at radius 3 is 1.38 bits per heavy atom. The first-order chi connectivity index (χ1) is 30.7. The van der Waals surface area contributed by atoms with E-state index in [0.29, 0.717) is 24.2 Å². The van der Waals surface area contributed by atoms with Crippen molar-refractivity contribution in [2.75, 3.05) is 39.8 Å². The second-order valence-electron chi connectivity index (χ2n) is 18.5. The molecular weight excluding hydrogens is 791 g/mol. The minimum absolute atomic E-state index is 0.00663. The molecule has 3 N–H and O–H groups in total. The van der Waals surface area contributed by atoms with E-state index in [0.717, 1.165) is 25.7 Å². The highest BCUT2D eigenvalue weighted by molar-refractivity contribution is 5.99. The maximum atomic E-state index is 14.0. The molecule has 2 saturated carbocycles. The maximum absolute atomic E-state index is 14.0. The van der Waals surface area contributed by atoms with Gasteiger partial charge in [-0.05, 0) is 54.7 Å². The van der Waals surface area contributed by atoms with Gasteiger partial charge < -0.3 is 30.5 Å². The van der Waals surface area contributed by atoms with Crippen LogP contribution in [0.5, 0.6) is 0 Å². The first kappa shape index (κ1) is 46.0. The molecule has 2 saturated heterocycles. The van der Waals surface area contributed by atoms with Gasteiger partial charge >= 0.3 is 0 Å². The Morgan fingerprint density at radius 1 is 0.524 bits per heavy atom. The van der Waals surface area contributed by atoms with Crippen molar-refractivity contribution in [2.45, 2.75) is 127 Å². The summed E-state index contributed by atoms with van der Waals surface area (Å²) in [5.74, 6) is -2.42. The van der Waals surface area contributed by atoms with Gasteiger partial charge in [0.1, 0.15) is 0 Å². The smallest absolute Gasteiger partial charge is 0.253 e. The molecule has 4 fully saturated rings. The van der Waals surface area contributed by atoms with Crippen molar-refractivity contribution in [3.63, 3.8) is 0 Å². The molecule has 2 aliphatic carbocycles. The number of nitrogens with one attached hydrogen (secondary N) is 3. The molecule has 5 amide bonds. The number of methoxy groups -OCH3 is 1. The third-order valence-electron chi connectivity index (χ3n) is 13.9. The molecule has 0 spiro atoms. The van der Waals surface area contributed by atoms with Gasteiger partial charge in [0.05, 0.1) is 23.9 Å². The van der Waals surface area contributed by atoms with Gasteiger partial charge in [-0.3, -0.25) is 24.0 Å². The fourth-order valence-corrected chi connectivity index (χ4v) is 9.79. The summed E-state index contributed by atoms with van der Waals surface area (Å²) < 4.78 is 5.68. The lowest BCUT2D eigenvalue weighted by Crippen LogP contribution is -2.43. The number of rotatable bonds is 23. The number of hydrogen-bond acceptors (Lipinski definition) is 6. The summed E-state index contributed by atoms with van der Waals surface area (Å²) in [6.45, 7) is 3.66. The van der Waals surface area contributed by atoms with E-state index < -0.39 is 23.9 Å².